The maximum absolute atomic E-state index is 12.0. The first kappa shape index (κ1) is 12.8. The summed E-state index contributed by atoms with van der Waals surface area (Å²) < 4.78 is 0. The Balaban J connectivity index is 2.60. The second-order valence-electron chi connectivity index (χ2n) is 4.67. The first-order valence-electron chi connectivity index (χ1n) is 5.47. The molecule has 0 aromatic heterocycles. The van der Waals surface area contributed by atoms with Crippen LogP contribution in [0.25, 0.3) is 10.4 Å². The molecule has 0 aromatic rings. The van der Waals surface area contributed by atoms with E-state index in [1.807, 2.05) is 0 Å². The van der Waals surface area contributed by atoms with Crippen molar-refractivity contribution in [2.45, 2.75) is 32.2 Å². The minimum atomic E-state index is -1.01. The highest BCUT2D eigenvalue weighted by Gasteiger charge is 2.33. The molecule has 1 aliphatic rings. The van der Waals surface area contributed by atoms with E-state index in [1.54, 1.807) is 18.7 Å². The zero-order valence-corrected chi connectivity index (χ0v) is 9.76. The third kappa shape index (κ3) is 2.87. The van der Waals surface area contributed by atoms with E-state index in [0.717, 1.165) is 12.8 Å². The van der Waals surface area contributed by atoms with Crippen molar-refractivity contribution in [2.24, 2.45) is 11.0 Å². The van der Waals surface area contributed by atoms with E-state index in [-0.39, 0.29) is 12.5 Å². The molecule has 6 nitrogen and oxygen atoms in total. The fourth-order valence-corrected chi connectivity index (χ4v) is 1.86. The largest absolute Gasteiger partial charge is 0.396 e. The van der Waals surface area contributed by atoms with Crippen LogP contribution in [0.3, 0.4) is 0 Å². The van der Waals surface area contributed by atoms with Crippen molar-refractivity contribution in [3.8, 4) is 0 Å². The van der Waals surface area contributed by atoms with Crippen LogP contribution in [-0.4, -0.2) is 41.1 Å². The van der Waals surface area contributed by atoms with Gasteiger partial charge in [0.2, 0.25) is 5.91 Å². The molecule has 90 valence electrons. The molecule has 1 fully saturated rings. The van der Waals surface area contributed by atoms with E-state index in [2.05, 4.69) is 10.0 Å². The van der Waals surface area contributed by atoms with E-state index in [0.29, 0.717) is 19.0 Å². The number of carbonyl (C=O) groups is 1. The smallest absolute Gasteiger partial charge is 0.234 e. The Kier molecular flexibility index (Phi) is 4.15. The van der Waals surface area contributed by atoms with Gasteiger partial charge in [0, 0.05) is 24.6 Å². The summed E-state index contributed by atoms with van der Waals surface area (Å²) in [6.45, 7) is 4.69. The van der Waals surface area contributed by atoms with Crippen LogP contribution in [0.5, 0.6) is 0 Å². The summed E-state index contributed by atoms with van der Waals surface area (Å²) in [6.07, 6.45) is 1.63. The van der Waals surface area contributed by atoms with E-state index < -0.39 is 5.54 Å². The molecule has 1 heterocycles. The van der Waals surface area contributed by atoms with Crippen molar-refractivity contribution in [3.05, 3.63) is 10.4 Å². The fraction of sp³-hybridized carbons (Fsp3) is 0.900. The highest BCUT2D eigenvalue weighted by Crippen LogP contribution is 2.21. The summed E-state index contributed by atoms with van der Waals surface area (Å²) in [5.74, 6) is 0.160. The van der Waals surface area contributed by atoms with Gasteiger partial charge in [0.05, 0.1) is 0 Å². The minimum Gasteiger partial charge on any atom is -0.396 e. The molecule has 1 rings (SSSR count). The standard InChI is InChI=1S/C10H18N4O2/c1-10(2,12-13-11)9(16)14-5-3-8(7-15)4-6-14/h8,15H,3-7H2,1-2H3. The normalized spacial score (nSPS) is 18.1. The average Bonchev–Trinajstić information content (AvgIpc) is 2.28. The Morgan fingerprint density at radius 2 is 2.12 bits per heavy atom. The first-order valence-corrected chi connectivity index (χ1v) is 5.47. The molecule has 0 bridgehead atoms. The zero-order chi connectivity index (χ0) is 12.2. The topological polar surface area (TPSA) is 89.3 Å². The molecule has 16 heavy (non-hydrogen) atoms. The molecule has 0 atom stereocenters. The molecule has 6 heteroatoms. The van der Waals surface area contributed by atoms with Crippen LogP contribution >= 0.6 is 0 Å². The van der Waals surface area contributed by atoms with Crippen LogP contribution in [0.15, 0.2) is 5.11 Å². The molecule has 0 radical (unpaired) electrons. The molecule has 0 saturated carbocycles. The van der Waals surface area contributed by atoms with Gasteiger partial charge in [-0.25, -0.2) is 0 Å². The lowest BCUT2D eigenvalue weighted by Gasteiger charge is -2.34. The average molecular weight is 226 g/mol. The van der Waals surface area contributed by atoms with Crippen molar-refractivity contribution < 1.29 is 9.90 Å². The summed E-state index contributed by atoms with van der Waals surface area (Å²) in [6, 6.07) is 0. The molecule has 0 aliphatic carbocycles. The minimum absolute atomic E-state index is 0.137. The van der Waals surface area contributed by atoms with Crippen molar-refractivity contribution in [1.29, 1.82) is 0 Å². The SMILES string of the molecule is CC(C)(N=[N+]=[N-])C(=O)N1CCC(CO)CC1. The van der Waals surface area contributed by atoms with Crippen LogP contribution in [0.1, 0.15) is 26.7 Å². The van der Waals surface area contributed by atoms with Gasteiger partial charge >= 0.3 is 0 Å². The lowest BCUT2D eigenvalue weighted by atomic mass is 9.95. The quantitative estimate of drug-likeness (QED) is 0.446. The summed E-state index contributed by atoms with van der Waals surface area (Å²) in [5.41, 5.74) is 7.37. The van der Waals surface area contributed by atoms with Crippen LogP contribution < -0.4 is 0 Å². The summed E-state index contributed by atoms with van der Waals surface area (Å²) >= 11 is 0. The van der Waals surface area contributed by atoms with E-state index in [9.17, 15) is 4.79 Å². The monoisotopic (exact) mass is 226 g/mol. The molecule has 1 saturated heterocycles. The second kappa shape index (κ2) is 5.18. The lowest BCUT2D eigenvalue weighted by molar-refractivity contribution is -0.137. The van der Waals surface area contributed by atoms with Crippen LogP contribution in [0.4, 0.5) is 0 Å². The molecule has 1 amide bonds. The molecule has 0 aromatic carbocycles. The summed E-state index contributed by atoms with van der Waals surface area (Å²) in [5, 5.41) is 12.5. The van der Waals surface area contributed by atoms with Crippen LogP contribution in [0.2, 0.25) is 0 Å². The Morgan fingerprint density at radius 3 is 2.56 bits per heavy atom. The highest BCUT2D eigenvalue weighted by atomic mass is 16.3. The van der Waals surface area contributed by atoms with Gasteiger partial charge in [-0.3, -0.25) is 4.79 Å². The van der Waals surface area contributed by atoms with Crippen LogP contribution in [-0.2, 0) is 4.79 Å². The van der Waals surface area contributed by atoms with Gasteiger partial charge in [-0.2, -0.15) is 0 Å². The van der Waals surface area contributed by atoms with Gasteiger partial charge in [-0.05, 0) is 38.1 Å². The molecular formula is C10H18N4O2. The third-order valence-corrected chi connectivity index (χ3v) is 2.98. The van der Waals surface area contributed by atoms with Crippen molar-refractivity contribution in [1.82, 2.24) is 4.90 Å². The number of likely N-dealkylation sites (tertiary alicyclic amines) is 1. The predicted octanol–water partition coefficient (Wildman–Crippen LogP) is 1.31. The third-order valence-electron chi connectivity index (χ3n) is 2.98. The summed E-state index contributed by atoms with van der Waals surface area (Å²) in [4.78, 5) is 16.4. The molecular weight excluding hydrogens is 208 g/mol. The number of amides is 1. The van der Waals surface area contributed by atoms with E-state index in [1.165, 1.54) is 0 Å². The van der Waals surface area contributed by atoms with Gasteiger partial charge < -0.3 is 10.0 Å². The van der Waals surface area contributed by atoms with Crippen molar-refractivity contribution in [2.75, 3.05) is 19.7 Å². The van der Waals surface area contributed by atoms with E-state index in [4.69, 9.17) is 10.6 Å². The van der Waals surface area contributed by atoms with Gasteiger partial charge in [0.1, 0.15) is 5.54 Å². The van der Waals surface area contributed by atoms with Gasteiger partial charge in [-0.1, -0.05) is 5.11 Å². The molecule has 0 unspecified atom stereocenters. The molecule has 1 aliphatic heterocycles. The Bertz CT molecular complexity index is 302. The highest BCUT2D eigenvalue weighted by molar-refractivity contribution is 5.85. The Hall–Kier alpha value is -1.26. The van der Waals surface area contributed by atoms with Crippen LogP contribution in [0, 0.1) is 5.92 Å². The maximum atomic E-state index is 12.0. The summed E-state index contributed by atoms with van der Waals surface area (Å²) in [7, 11) is 0. The maximum Gasteiger partial charge on any atom is 0.234 e. The van der Waals surface area contributed by atoms with E-state index >= 15 is 0 Å². The number of rotatable bonds is 3. The predicted molar refractivity (Wildman–Crippen MR) is 59.6 cm³/mol. The number of aliphatic hydroxyl groups excluding tert-OH is 1. The molecule has 0 spiro atoms. The molecule has 1 N–H and O–H groups in total. The van der Waals surface area contributed by atoms with Gasteiger partial charge in [0.15, 0.2) is 0 Å². The lowest BCUT2D eigenvalue weighted by Crippen LogP contribution is -2.47. The van der Waals surface area contributed by atoms with Gasteiger partial charge in [0.25, 0.3) is 0 Å². The van der Waals surface area contributed by atoms with Gasteiger partial charge in [-0.15, -0.1) is 0 Å². The Labute approximate surface area is 94.9 Å². The number of hydrogen-bond donors (Lipinski definition) is 1. The number of aliphatic hydroxyl groups is 1. The Morgan fingerprint density at radius 1 is 1.56 bits per heavy atom. The fourth-order valence-electron chi connectivity index (χ4n) is 1.86. The van der Waals surface area contributed by atoms with Crippen molar-refractivity contribution >= 4 is 5.91 Å². The zero-order valence-electron chi connectivity index (χ0n) is 9.76. The second-order valence-corrected chi connectivity index (χ2v) is 4.67. The first-order chi connectivity index (χ1) is 7.51. The number of piperidine rings is 1. The number of nitrogens with zero attached hydrogens (tertiary/aromatic N) is 4. The number of hydrogen-bond acceptors (Lipinski definition) is 3. The van der Waals surface area contributed by atoms with Crippen molar-refractivity contribution in [3.63, 3.8) is 0 Å². The number of carbonyl (C=O) groups excluding carboxylic acids is 1. The number of azide groups is 1.